The van der Waals surface area contributed by atoms with Gasteiger partial charge in [0.05, 0.1) is 11.4 Å². The molecule has 0 N–H and O–H groups in total. The van der Waals surface area contributed by atoms with E-state index in [1.54, 1.807) is 4.90 Å². The lowest BCUT2D eigenvalue weighted by Gasteiger charge is -2.18. The predicted octanol–water partition coefficient (Wildman–Crippen LogP) is 3.01. The zero-order valence-electron chi connectivity index (χ0n) is 11.1. The fourth-order valence-electron chi connectivity index (χ4n) is 1.54. The Morgan fingerprint density at radius 3 is 2.56 bits per heavy atom. The zero-order valence-corrected chi connectivity index (χ0v) is 12.7. The van der Waals surface area contributed by atoms with E-state index in [2.05, 4.69) is 15.9 Å². The second-order valence-electron chi connectivity index (χ2n) is 4.39. The first-order valence-electron chi connectivity index (χ1n) is 6.09. The molecule has 1 rings (SSSR count). The third-order valence-electron chi connectivity index (χ3n) is 2.64. The van der Waals surface area contributed by atoms with Gasteiger partial charge in [-0.15, -0.1) is 0 Å². The van der Waals surface area contributed by atoms with Gasteiger partial charge in [-0.2, -0.15) is 0 Å². The van der Waals surface area contributed by atoms with Crippen molar-refractivity contribution >= 4 is 21.8 Å². The summed E-state index contributed by atoms with van der Waals surface area (Å²) in [6, 6.07) is 7.98. The molecule has 0 fully saturated rings. The van der Waals surface area contributed by atoms with E-state index in [9.17, 15) is 4.79 Å². The molecule has 0 bridgehead atoms. The molecule has 0 heterocycles. The van der Waals surface area contributed by atoms with Crippen molar-refractivity contribution in [1.29, 1.82) is 0 Å². The first-order chi connectivity index (χ1) is 8.50. The number of nitrogens with zero attached hydrogens (tertiary/aromatic N) is 1. The molecule has 1 aromatic carbocycles. The summed E-state index contributed by atoms with van der Waals surface area (Å²) in [5, 5.41) is 0. The number of carbonyl (C=O) groups excluding carboxylic acids is 1. The summed E-state index contributed by atoms with van der Waals surface area (Å²) in [7, 11) is 1.81. The molecule has 1 unspecified atom stereocenters. The molecule has 1 aromatic rings. The van der Waals surface area contributed by atoms with E-state index < -0.39 is 0 Å². The van der Waals surface area contributed by atoms with Crippen molar-refractivity contribution in [2.75, 3.05) is 20.2 Å². The summed E-state index contributed by atoms with van der Waals surface area (Å²) in [4.78, 5) is 13.2. The van der Waals surface area contributed by atoms with Crippen LogP contribution in [0.25, 0.3) is 0 Å². The Bertz CT molecular complexity index is 376. The Labute approximate surface area is 117 Å². The molecule has 0 aliphatic heterocycles. The topological polar surface area (TPSA) is 29.5 Å². The summed E-state index contributed by atoms with van der Waals surface area (Å²) in [6.45, 7) is 5.21. The van der Waals surface area contributed by atoms with Crippen LogP contribution in [0.4, 0.5) is 0 Å². The molecule has 0 radical (unpaired) electrons. The molecule has 0 saturated carbocycles. The number of alkyl halides is 1. The summed E-state index contributed by atoms with van der Waals surface area (Å²) in [6.07, 6.45) is 0.829. The maximum atomic E-state index is 11.6. The highest BCUT2D eigenvalue weighted by atomic mass is 79.9. The van der Waals surface area contributed by atoms with E-state index in [1.807, 2.05) is 45.2 Å². The van der Waals surface area contributed by atoms with Gasteiger partial charge < -0.3 is 9.64 Å². The van der Waals surface area contributed by atoms with Gasteiger partial charge in [0, 0.05) is 13.6 Å². The molecule has 3 nitrogen and oxygen atoms in total. The second kappa shape index (κ2) is 7.41. The van der Waals surface area contributed by atoms with Crippen molar-refractivity contribution in [2.24, 2.45) is 0 Å². The summed E-state index contributed by atoms with van der Waals surface area (Å²) in [5.74, 6) is 0.980. The molecule has 0 aliphatic rings. The molecule has 0 aromatic heterocycles. The van der Waals surface area contributed by atoms with Crippen molar-refractivity contribution < 1.29 is 9.53 Å². The van der Waals surface area contributed by atoms with Crippen LogP contribution < -0.4 is 4.74 Å². The average Bonchev–Trinajstić information content (AvgIpc) is 2.35. The lowest BCUT2D eigenvalue weighted by molar-refractivity contribution is -0.128. The maximum Gasteiger partial charge on any atom is 0.235 e. The highest BCUT2D eigenvalue weighted by Crippen LogP contribution is 2.11. The second-order valence-corrected chi connectivity index (χ2v) is 5.76. The Hall–Kier alpha value is -1.03. The molecule has 0 aliphatic carbocycles. The molecule has 0 spiro atoms. The Morgan fingerprint density at radius 1 is 1.39 bits per heavy atom. The normalized spacial score (nSPS) is 12.0. The minimum Gasteiger partial charge on any atom is -0.494 e. The Balaban J connectivity index is 2.22. The van der Waals surface area contributed by atoms with Gasteiger partial charge in [-0.05, 0) is 32.4 Å². The minimum absolute atomic E-state index is 0.102. The number of benzene rings is 1. The standard InChI is InChI=1S/C14H20BrNO2/c1-11-5-7-13(8-6-11)18-10-4-9-16(3)14(17)12(2)15/h5-8,12H,4,9-10H2,1-3H3. The van der Waals surface area contributed by atoms with Crippen molar-refractivity contribution in [3.63, 3.8) is 0 Å². The van der Waals surface area contributed by atoms with Crippen LogP contribution in [0.3, 0.4) is 0 Å². The number of carbonyl (C=O) groups is 1. The highest BCUT2D eigenvalue weighted by Gasteiger charge is 2.13. The van der Waals surface area contributed by atoms with E-state index >= 15 is 0 Å². The molecule has 1 amide bonds. The first-order valence-corrected chi connectivity index (χ1v) is 7.01. The summed E-state index contributed by atoms with van der Waals surface area (Å²) in [5.41, 5.74) is 1.22. The van der Waals surface area contributed by atoms with E-state index in [1.165, 1.54) is 5.56 Å². The molecule has 100 valence electrons. The van der Waals surface area contributed by atoms with Gasteiger partial charge in [0.1, 0.15) is 5.75 Å². The van der Waals surface area contributed by atoms with Crippen LogP contribution in [0.2, 0.25) is 0 Å². The average molecular weight is 314 g/mol. The van der Waals surface area contributed by atoms with Gasteiger partial charge >= 0.3 is 0 Å². The first kappa shape index (κ1) is 15.0. The Kier molecular flexibility index (Phi) is 6.19. The number of hydrogen-bond acceptors (Lipinski definition) is 2. The number of halogens is 1. The fourth-order valence-corrected chi connectivity index (χ4v) is 1.89. The van der Waals surface area contributed by atoms with Gasteiger partial charge in [0.2, 0.25) is 5.91 Å². The molecular formula is C14H20BrNO2. The van der Waals surface area contributed by atoms with E-state index in [0.29, 0.717) is 13.2 Å². The third kappa shape index (κ3) is 5.08. The van der Waals surface area contributed by atoms with Crippen LogP contribution in [-0.4, -0.2) is 35.8 Å². The van der Waals surface area contributed by atoms with Crippen LogP contribution in [0.1, 0.15) is 18.9 Å². The zero-order chi connectivity index (χ0) is 13.5. The maximum absolute atomic E-state index is 11.6. The van der Waals surface area contributed by atoms with E-state index in [-0.39, 0.29) is 10.7 Å². The number of rotatable bonds is 6. The van der Waals surface area contributed by atoms with Crippen molar-refractivity contribution in [3.8, 4) is 5.75 Å². The number of amides is 1. The number of hydrogen-bond donors (Lipinski definition) is 0. The summed E-state index contributed by atoms with van der Waals surface area (Å²) >= 11 is 3.27. The predicted molar refractivity (Wildman–Crippen MR) is 77.3 cm³/mol. The van der Waals surface area contributed by atoms with Crippen LogP contribution in [0, 0.1) is 6.92 Å². The van der Waals surface area contributed by atoms with Crippen molar-refractivity contribution in [3.05, 3.63) is 29.8 Å². The van der Waals surface area contributed by atoms with Crippen LogP contribution in [-0.2, 0) is 4.79 Å². The molecule has 18 heavy (non-hydrogen) atoms. The Morgan fingerprint density at radius 2 is 2.00 bits per heavy atom. The van der Waals surface area contributed by atoms with E-state index in [0.717, 1.165) is 12.2 Å². The molecular weight excluding hydrogens is 294 g/mol. The third-order valence-corrected chi connectivity index (χ3v) is 3.04. The van der Waals surface area contributed by atoms with E-state index in [4.69, 9.17) is 4.74 Å². The fraction of sp³-hybridized carbons (Fsp3) is 0.500. The quantitative estimate of drug-likeness (QED) is 0.597. The summed E-state index contributed by atoms with van der Waals surface area (Å²) < 4.78 is 5.60. The van der Waals surface area contributed by atoms with Gasteiger partial charge in [0.25, 0.3) is 0 Å². The number of ether oxygens (including phenoxy) is 1. The van der Waals surface area contributed by atoms with Crippen LogP contribution in [0.5, 0.6) is 5.75 Å². The lowest BCUT2D eigenvalue weighted by Crippen LogP contribution is -2.33. The van der Waals surface area contributed by atoms with Crippen LogP contribution >= 0.6 is 15.9 Å². The molecule has 4 heteroatoms. The van der Waals surface area contributed by atoms with Crippen molar-refractivity contribution in [2.45, 2.75) is 25.1 Å². The smallest absolute Gasteiger partial charge is 0.235 e. The largest absolute Gasteiger partial charge is 0.494 e. The van der Waals surface area contributed by atoms with Gasteiger partial charge in [0.15, 0.2) is 0 Å². The molecule has 1 atom stereocenters. The van der Waals surface area contributed by atoms with Gasteiger partial charge in [-0.25, -0.2) is 0 Å². The molecule has 0 saturated heterocycles. The monoisotopic (exact) mass is 313 g/mol. The lowest BCUT2D eigenvalue weighted by atomic mass is 10.2. The van der Waals surface area contributed by atoms with Gasteiger partial charge in [-0.3, -0.25) is 4.79 Å². The SMILES string of the molecule is Cc1ccc(OCCCN(C)C(=O)C(C)Br)cc1. The highest BCUT2D eigenvalue weighted by molar-refractivity contribution is 9.10. The number of aryl methyl sites for hydroxylation is 1. The minimum atomic E-state index is -0.125. The van der Waals surface area contributed by atoms with Crippen molar-refractivity contribution in [1.82, 2.24) is 4.90 Å². The van der Waals surface area contributed by atoms with Gasteiger partial charge in [-0.1, -0.05) is 33.6 Å². The van der Waals surface area contributed by atoms with Crippen LogP contribution in [0.15, 0.2) is 24.3 Å².